The number of nitro groups is 1. The largest absolute Gasteiger partial charge is 0.422 e. The Kier molecular flexibility index (Phi) is 5.64. The van der Waals surface area contributed by atoms with Crippen molar-refractivity contribution in [2.75, 3.05) is 0 Å². The fraction of sp³-hybridized carbons (Fsp3) is 0.280. The Morgan fingerprint density at radius 2 is 1.80 bits per heavy atom. The minimum absolute atomic E-state index is 0.0901. The summed E-state index contributed by atoms with van der Waals surface area (Å²) in [7, 11) is 0. The van der Waals surface area contributed by atoms with Gasteiger partial charge in [-0.25, -0.2) is 9.59 Å². The fourth-order valence-electron chi connectivity index (χ4n) is 5.23. The summed E-state index contributed by atoms with van der Waals surface area (Å²) >= 11 is 0. The van der Waals surface area contributed by atoms with Gasteiger partial charge in [0.25, 0.3) is 17.5 Å². The second kappa shape index (κ2) is 8.79. The number of nitro benzene ring substituents is 1. The fourth-order valence-corrected chi connectivity index (χ4v) is 5.23. The summed E-state index contributed by atoms with van der Waals surface area (Å²) in [6.45, 7) is 0. The third-order valence-electron chi connectivity index (χ3n) is 6.90. The van der Waals surface area contributed by atoms with Crippen molar-refractivity contribution in [2.45, 2.75) is 31.7 Å². The van der Waals surface area contributed by atoms with Crippen molar-refractivity contribution in [3.63, 3.8) is 0 Å². The van der Waals surface area contributed by atoms with Gasteiger partial charge in [0, 0.05) is 23.7 Å². The van der Waals surface area contributed by atoms with E-state index in [1.165, 1.54) is 41.3 Å². The summed E-state index contributed by atoms with van der Waals surface area (Å²) in [6.07, 6.45) is 5.09. The first-order chi connectivity index (χ1) is 16.8. The number of benzene rings is 2. The first kappa shape index (κ1) is 22.5. The molecule has 1 aliphatic heterocycles. The van der Waals surface area contributed by atoms with Crippen LogP contribution in [0.3, 0.4) is 0 Å². The molecule has 178 valence electrons. The Balaban J connectivity index is 1.40. The Morgan fingerprint density at radius 1 is 1.06 bits per heavy atom. The van der Waals surface area contributed by atoms with Gasteiger partial charge in [-0.1, -0.05) is 24.6 Å². The summed E-state index contributed by atoms with van der Waals surface area (Å²) in [6, 6.07) is 10.4. The first-order valence-corrected chi connectivity index (χ1v) is 11.3. The van der Waals surface area contributed by atoms with E-state index in [4.69, 9.17) is 4.74 Å². The van der Waals surface area contributed by atoms with Crippen LogP contribution in [0.15, 0.2) is 54.1 Å². The molecule has 0 unspecified atom stereocenters. The highest BCUT2D eigenvalue weighted by atomic mass is 16.6. The molecule has 1 N–H and O–H groups in total. The number of para-hydroxylation sites is 1. The van der Waals surface area contributed by atoms with E-state index in [0.717, 1.165) is 25.7 Å². The van der Waals surface area contributed by atoms with Gasteiger partial charge >= 0.3 is 12.0 Å². The highest BCUT2D eigenvalue weighted by molar-refractivity contribution is 6.31. The van der Waals surface area contributed by atoms with Crippen LogP contribution in [-0.2, 0) is 9.59 Å². The topological polar surface area (TPSA) is 136 Å². The molecule has 2 saturated carbocycles. The third-order valence-corrected chi connectivity index (χ3v) is 6.90. The molecular weight excluding hydrogens is 454 g/mol. The van der Waals surface area contributed by atoms with E-state index in [2.05, 4.69) is 5.32 Å². The van der Waals surface area contributed by atoms with Crippen LogP contribution in [0.4, 0.5) is 10.5 Å². The third kappa shape index (κ3) is 4.18. The lowest BCUT2D eigenvalue weighted by atomic mass is 9.93. The molecule has 3 aliphatic rings. The second-order valence-electron chi connectivity index (χ2n) is 8.97. The van der Waals surface area contributed by atoms with E-state index in [-0.39, 0.29) is 34.5 Å². The number of non-ortho nitro benzene ring substituents is 1. The number of hydrogen-bond donors (Lipinski definition) is 1. The molecule has 3 atom stereocenters. The van der Waals surface area contributed by atoms with Crippen LogP contribution < -0.4 is 10.1 Å². The molecule has 0 aromatic heterocycles. The Hall–Kier alpha value is -4.34. The Morgan fingerprint density at radius 3 is 2.46 bits per heavy atom. The van der Waals surface area contributed by atoms with E-state index < -0.39 is 28.7 Å². The van der Waals surface area contributed by atoms with Crippen LogP contribution in [0.2, 0.25) is 0 Å². The summed E-state index contributed by atoms with van der Waals surface area (Å²) in [5.41, 5.74) is 0.00963. The summed E-state index contributed by atoms with van der Waals surface area (Å²) in [5.74, 6) is -1.39. The van der Waals surface area contributed by atoms with Gasteiger partial charge in [-0.15, -0.1) is 0 Å². The summed E-state index contributed by atoms with van der Waals surface area (Å²) < 4.78 is 5.46. The number of ether oxygens (including phenoxy) is 1. The average Bonchev–Trinajstić information content (AvgIpc) is 3.46. The molecule has 1 saturated heterocycles. The minimum atomic E-state index is -0.809. The lowest BCUT2D eigenvalue weighted by Crippen LogP contribution is -2.58. The molecule has 10 heteroatoms. The van der Waals surface area contributed by atoms with Gasteiger partial charge in [-0.2, -0.15) is 0 Å². The number of esters is 1. The number of barbiturate groups is 1. The van der Waals surface area contributed by atoms with Crippen LogP contribution in [0.25, 0.3) is 6.08 Å². The predicted octanol–water partition coefficient (Wildman–Crippen LogP) is 3.46. The monoisotopic (exact) mass is 475 g/mol. The molecule has 2 aromatic carbocycles. The van der Waals surface area contributed by atoms with Crippen LogP contribution >= 0.6 is 0 Å². The van der Waals surface area contributed by atoms with E-state index in [9.17, 15) is 29.3 Å². The van der Waals surface area contributed by atoms with Gasteiger partial charge in [-0.3, -0.25) is 29.9 Å². The van der Waals surface area contributed by atoms with E-state index in [0.29, 0.717) is 11.5 Å². The molecule has 2 aromatic rings. The number of carbonyl (C=O) groups excluding carboxylic acids is 4. The van der Waals surface area contributed by atoms with Crippen LogP contribution in [-0.4, -0.2) is 39.7 Å². The molecule has 4 amide bonds. The Labute approximate surface area is 199 Å². The number of nitrogens with one attached hydrogen (secondary N) is 1. The maximum atomic E-state index is 13.3. The molecule has 10 nitrogen and oxygen atoms in total. The van der Waals surface area contributed by atoms with Crippen LogP contribution in [0.5, 0.6) is 5.75 Å². The molecule has 2 bridgehead atoms. The normalized spacial score (nSPS) is 24.6. The number of nitrogens with zero attached hydrogens (tertiary/aromatic N) is 2. The molecule has 3 fully saturated rings. The van der Waals surface area contributed by atoms with Crippen molar-refractivity contribution < 1.29 is 28.8 Å². The van der Waals surface area contributed by atoms with Crippen molar-refractivity contribution >= 4 is 35.6 Å². The minimum Gasteiger partial charge on any atom is -0.422 e. The SMILES string of the molecule is O=C1NC(=O)N([C@@H]2C[C@H]3CC[C@H]2C3)C(=O)/C1=C\c1ccccc1OC(=O)c1ccc([N+](=O)[O-])cc1. The molecule has 0 spiro atoms. The van der Waals surface area contributed by atoms with Crippen LogP contribution in [0.1, 0.15) is 41.6 Å². The maximum absolute atomic E-state index is 13.3. The van der Waals surface area contributed by atoms with Crippen molar-refractivity contribution in [1.29, 1.82) is 0 Å². The van der Waals surface area contributed by atoms with Gasteiger partial charge in [0.05, 0.1) is 10.5 Å². The predicted molar refractivity (Wildman–Crippen MR) is 122 cm³/mol. The van der Waals surface area contributed by atoms with Gasteiger partial charge < -0.3 is 4.74 Å². The summed E-state index contributed by atoms with van der Waals surface area (Å²) in [4.78, 5) is 62.4. The molecule has 2 aliphatic carbocycles. The van der Waals surface area contributed by atoms with Crippen molar-refractivity contribution in [3.8, 4) is 5.75 Å². The van der Waals surface area contributed by atoms with Gasteiger partial charge in [0.15, 0.2) is 0 Å². The summed E-state index contributed by atoms with van der Waals surface area (Å²) in [5, 5.41) is 13.1. The zero-order valence-electron chi connectivity index (χ0n) is 18.5. The maximum Gasteiger partial charge on any atom is 0.343 e. The van der Waals surface area contributed by atoms with Crippen molar-refractivity contribution in [1.82, 2.24) is 10.2 Å². The van der Waals surface area contributed by atoms with E-state index in [1.54, 1.807) is 18.2 Å². The van der Waals surface area contributed by atoms with E-state index >= 15 is 0 Å². The van der Waals surface area contributed by atoms with Crippen LogP contribution in [0, 0.1) is 22.0 Å². The average molecular weight is 475 g/mol. The molecule has 35 heavy (non-hydrogen) atoms. The molecule has 0 radical (unpaired) electrons. The highest BCUT2D eigenvalue weighted by Crippen LogP contribution is 2.47. The first-order valence-electron chi connectivity index (χ1n) is 11.3. The number of amides is 4. The smallest absolute Gasteiger partial charge is 0.343 e. The number of fused-ring (bicyclic) bond motifs is 2. The number of hydrogen-bond acceptors (Lipinski definition) is 7. The quantitative estimate of drug-likeness (QED) is 0.175. The Bertz CT molecular complexity index is 1280. The standard InChI is InChI=1S/C25H21N3O7/c29-22-19(23(30)27(25(32)26-22)20-12-14-5-6-16(20)11-14)13-17-3-1-2-4-21(17)35-24(31)15-7-9-18(10-8-15)28(33)34/h1-4,7-10,13-14,16,20H,5-6,11-12H2,(H,26,29,32)/b19-13-/t14-,16-,20+/m0/s1. The van der Waals surface area contributed by atoms with Crippen molar-refractivity contribution in [3.05, 3.63) is 75.3 Å². The highest BCUT2D eigenvalue weighted by Gasteiger charge is 2.49. The molecular formula is C25H21N3O7. The van der Waals surface area contributed by atoms with Gasteiger partial charge in [0.2, 0.25) is 0 Å². The number of rotatable bonds is 5. The number of carbonyl (C=O) groups is 4. The molecule has 1 heterocycles. The van der Waals surface area contributed by atoms with Gasteiger partial charge in [0.1, 0.15) is 11.3 Å². The second-order valence-corrected chi connectivity index (χ2v) is 8.97. The zero-order valence-corrected chi connectivity index (χ0v) is 18.5. The van der Waals surface area contributed by atoms with Crippen molar-refractivity contribution in [2.24, 2.45) is 11.8 Å². The lowest BCUT2D eigenvalue weighted by Gasteiger charge is -2.35. The number of imide groups is 2. The molecule has 5 rings (SSSR count). The number of urea groups is 1. The van der Waals surface area contributed by atoms with Gasteiger partial charge in [-0.05, 0) is 55.4 Å². The van der Waals surface area contributed by atoms with E-state index in [1.807, 2.05) is 0 Å². The zero-order chi connectivity index (χ0) is 24.7. The lowest BCUT2D eigenvalue weighted by molar-refractivity contribution is -0.384.